The molecule has 1 amide bonds. The van der Waals surface area contributed by atoms with Gasteiger partial charge < -0.3 is 9.73 Å². The van der Waals surface area contributed by atoms with Crippen molar-refractivity contribution in [2.45, 2.75) is 25.5 Å². The highest BCUT2D eigenvalue weighted by Crippen LogP contribution is 2.30. The van der Waals surface area contributed by atoms with Crippen molar-refractivity contribution in [3.05, 3.63) is 78.2 Å². The summed E-state index contributed by atoms with van der Waals surface area (Å²) in [5, 5.41) is 21.7. The van der Waals surface area contributed by atoms with E-state index in [9.17, 15) is 10.1 Å². The number of carbonyl (C=O) groups is 1. The zero-order valence-corrected chi connectivity index (χ0v) is 19.1. The SMILES string of the molecule is C=CCn1c(SCC(=O)Nc2c(C#N)c(C)c(C)n2-c2ccccc2)nnc1-c1ccco1. The van der Waals surface area contributed by atoms with Crippen LogP contribution in [0.25, 0.3) is 17.3 Å². The Kier molecular flexibility index (Phi) is 6.47. The average Bonchev–Trinajstić information content (AvgIpc) is 3.53. The first kappa shape index (κ1) is 22.2. The number of allylic oxidation sites excluding steroid dienone is 1. The van der Waals surface area contributed by atoms with Crippen molar-refractivity contribution in [1.29, 1.82) is 5.26 Å². The predicted molar refractivity (Wildman–Crippen MR) is 127 cm³/mol. The number of aromatic nitrogens is 4. The molecule has 1 N–H and O–H groups in total. The highest BCUT2D eigenvalue weighted by atomic mass is 32.2. The Morgan fingerprint density at radius 3 is 2.70 bits per heavy atom. The Morgan fingerprint density at radius 2 is 2.03 bits per heavy atom. The van der Waals surface area contributed by atoms with Crippen molar-refractivity contribution >= 4 is 23.5 Å². The molecule has 4 rings (SSSR count). The van der Waals surface area contributed by atoms with Crippen molar-refractivity contribution in [3.63, 3.8) is 0 Å². The molecule has 0 bridgehead atoms. The van der Waals surface area contributed by atoms with Gasteiger partial charge in [0.05, 0.1) is 17.6 Å². The molecule has 0 spiro atoms. The molecule has 3 heterocycles. The number of nitrogens with one attached hydrogen (secondary N) is 1. The zero-order chi connectivity index (χ0) is 23.4. The molecule has 0 saturated heterocycles. The number of nitriles is 1. The summed E-state index contributed by atoms with van der Waals surface area (Å²) in [6.45, 7) is 8.08. The molecule has 0 atom stereocenters. The van der Waals surface area contributed by atoms with E-state index in [1.807, 2.05) is 53.3 Å². The van der Waals surface area contributed by atoms with Crippen molar-refractivity contribution in [1.82, 2.24) is 19.3 Å². The number of nitrogens with zero attached hydrogens (tertiary/aromatic N) is 5. The van der Waals surface area contributed by atoms with Crippen molar-refractivity contribution in [3.8, 4) is 23.3 Å². The van der Waals surface area contributed by atoms with Gasteiger partial charge in [0.25, 0.3) is 0 Å². The molecular weight excluding hydrogens is 436 g/mol. The smallest absolute Gasteiger partial charge is 0.236 e. The molecule has 3 aromatic heterocycles. The van der Waals surface area contributed by atoms with E-state index in [1.165, 1.54) is 11.8 Å². The number of hydrogen-bond acceptors (Lipinski definition) is 6. The number of amides is 1. The number of para-hydroxylation sites is 1. The fraction of sp³-hybridized carbons (Fsp3) is 0.167. The van der Waals surface area contributed by atoms with Gasteiger partial charge in [-0.15, -0.1) is 16.8 Å². The number of carbonyl (C=O) groups excluding carboxylic acids is 1. The topological polar surface area (TPSA) is 102 Å². The molecule has 33 heavy (non-hydrogen) atoms. The van der Waals surface area contributed by atoms with Gasteiger partial charge in [-0.05, 0) is 43.7 Å². The second-order valence-electron chi connectivity index (χ2n) is 7.24. The summed E-state index contributed by atoms with van der Waals surface area (Å²) in [7, 11) is 0. The van der Waals surface area contributed by atoms with Gasteiger partial charge in [-0.3, -0.25) is 13.9 Å². The van der Waals surface area contributed by atoms with E-state index in [1.54, 1.807) is 24.5 Å². The first-order chi connectivity index (χ1) is 16.0. The fourth-order valence-corrected chi connectivity index (χ4v) is 4.28. The van der Waals surface area contributed by atoms with E-state index in [2.05, 4.69) is 28.2 Å². The van der Waals surface area contributed by atoms with Crippen molar-refractivity contribution < 1.29 is 9.21 Å². The molecule has 0 aliphatic heterocycles. The predicted octanol–water partition coefficient (Wildman–Crippen LogP) is 4.73. The van der Waals surface area contributed by atoms with Gasteiger partial charge in [-0.1, -0.05) is 36.0 Å². The Bertz CT molecular complexity index is 1330. The third-order valence-corrected chi connectivity index (χ3v) is 6.17. The maximum Gasteiger partial charge on any atom is 0.236 e. The normalized spacial score (nSPS) is 10.7. The molecule has 0 radical (unpaired) electrons. The van der Waals surface area contributed by atoms with Crippen LogP contribution in [0.1, 0.15) is 16.8 Å². The van der Waals surface area contributed by atoms with Crippen molar-refractivity contribution in [2.24, 2.45) is 0 Å². The molecule has 0 unspecified atom stereocenters. The fourth-order valence-electron chi connectivity index (χ4n) is 3.54. The van der Waals surface area contributed by atoms with Crippen molar-refractivity contribution in [2.75, 3.05) is 11.1 Å². The Morgan fingerprint density at radius 1 is 1.24 bits per heavy atom. The average molecular weight is 459 g/mol. The first-order valence-electron chi connectivity index (χ1n) is 10.2. The summed E-state index contributed by atoms with van der Waals surface area (Å²) in [4.78, 5) is 12.9. The van der Waals surface area contributed by atoms with Crippen LogP contribution in [-0.2, 0) is 11.3 Å². The Balaban J connectivity index is 1.57. The molecule has 0 fully saturated rings. The first-order valence-corrected chi connectivity index (χ1v) is 11.2. The standard InChI is InChI=1S/C24H22N6O2S/c1-4-12-29-23(20-11-8-13-32-20)27-28-24(29)33-15-21(31)26-22-19(14-25)16(2)17(3)30(22)18-9-6-5-7-10-18/h4-11,13H,1,12,15H2,2-3H3,(H,26,31). The lowest BCUT2D eigenvalue weighted by Gasteiger charge is -2.13. The van der Waals surface area contributed by atoms with Gasteiger partial charge in [0.2, 0.25) is 11.7 Å². The van der Waals surface area contributed by atoms with Gasteiger partial charge >= 0.3 is 0 Å². The molecule has 166 valence electrons. The number of anilines is 1. The molecule has 1 aromatic carbocycles. The van der Waals surface area contributed by atoms with Crippen LogP contribution in [0.5, 0.6) is 0 Å². The van der Waals surface area contributed by atoms with Crippen LogP contribution in [-0.4, -0.2) is 31.0 Å². The summed E-state index contributed by atoms with van der Waals surface area (Å²) < 4.78 is 9.17. The minimum Gasteiger partial charge on any atom is -0.461 e. The highest BCUT2D eigenvalue weighted by Gasteiger charge is 2.22. The number of rotatable bonds is 8. The number of hydrogen-bond donors (Lipinski definition) is 1. The number of furan rings is 1. The van der Waals surface area contributed by atoms with Gasteiger partial charge in [-0.2, -0.15) is 5.26 Å². The van der Waals surface area contributed by atoms with Gasteiger partial charge in [-0.25, -0.2) is 0 Å². The Labute approximate surface area is 195 Å². The molecule has 0 aliphatic carbocycles. The van der Waals surface area contributed by atoms with Gasteiger partial charge in [0.1, 0.15) is 11.9 Å². The summed E-state index contributed by atoms with van der Waals surface area (Å²) in [5.41, 5.74) is 3.05. The maximum atomic E-state index is 12.9. The molecule has 0 saturated carbocycles. The van der Waals surface area contributed by atoms with E-state index < -0.39 is 0 Å². The van der Waals surface area contributed by atoms with E-state index in [-0.39, 0.29) is 11.7 Å². The lowest BCUT2D eigenvalue weighted by Crippen LogP contribution is -2.18. The van der Waals surface area contributed by atoms with E-state index >= 15 is 0 Å². The van der Waals surface area contributed by atoms with Crippen LogP contribution >= 0.6 is 11.8 Å². The van der Waals surface area contributed by atoms with E-state index in [0.717, 1.165) is 16.9 Å². The second-order valence-corrected chi connectivity index (χ2v) is 8.18. The van der Waals surface area contributed by atoms with Crippen LogP contribution in [0, 0.1) is 25.2 Å². The van der Waals surface area contributed by atoms with Crippen LogP contribution in [0.4, 0.5) is 5.82 Å². The van der Waals surface area contributed by atoms with Crippen LogP contribution in [0.15, 0.2) is 71.0 Å². The lowest BCUT2D eigenvalue weighted by molar-refractivity contribution is -0.113. The van der Waals surface area contributed by atoms with Crippen LogP contribution < -0.4 is 5.32 Å². The highest BCUT2D eigenvalue weighted by molar-refractivity contribution is 7.99. The summed E-state index contributed by atoms with van der Waals surface area (Å²) in [6.07, 6.45) is 3.30. The third-order valence-electron chi connectivity index (χ3n) is 5.20. The number of benzene rings is 1. The molecular formula is C24H22N6O2S. The van der Waals surface area contributed by atoms with Gasteiger partial charge in [0.15, 0.2) is 10.9 Å². The summed E-state index contributed by atoms with van der Waals surface area (Å²) >= 11 is 1.25. The maximum absolute atomic E-state index is 12.9. The minimum absolute atomic E-state index is 0.0936. The van der Waals surface area contributed by atoms with E-state index in [4.69, 9.17) is 4.42 Å². The van der Waals surface area contributed by atoms with E-state index in [0.29, 0.717) is 34.7 Å². The monoisotopic (exact) mass is 458 g/mol. The largest absolute Gasteiger partial charge is 0.461 e. The third kappa shape index (κ3) is 4.33. The van der Waals surface area contributed by atoms with Crippen LogP contribution in [0.3, 0.4) is 0 Å². The summed E-state index contributed by atoms with van der Waals surface area (Å²) in [6, 6.07) is 15.4. The lowest BCUT2D eigenvalue weighted by atomic mass is 10.2. The minimum atomic E-state index is -0.251. The molecule has 8 nitrogen and oxygen atoms in total. The molecule has 0 aliphatic rings. The zero-order valence-electron chi connectivity index (χ0n) is 18.3. The second kappa shape index (κ2) is 9.63. The summed E-state index contributed by atoms with van der Waals surface area (Å²) in [5.74, 6) is 1.47. The molecule has 4 aromatic rings. The molecule has 9 heteroatoms. The van der Waals surface area contributed by atoms with Gasteiger partial charge in [0, 0.05) is 17.9 Å². The quantitative estimate of drug-likeness (QED) is 0.302. The Hall–Kier alpha value is -4.03. The van der Waals surface area contributed by atoms with Crippen LogP contribution in [0.2, 0.25) is 0 Å². The number of thioether (sulfide) groups is 1.